The van der Waals surface area contributed by atoms with E-state index < -0.39 is 0 Å². The maximum atomic E-state index is 12.4. The number of esters is 1. The molecule has 0 saturated carbocycles. The van der Waals surface area contributed by atoms with Crippen molar-refractivity contribution in [1.29, 1.82) is 0 Å². The molecular formula is C18H21N3O4. The van der Waals surface area contributed by atoms with E-state index in [4.69, 9.17) is 9.26 Å². The predicted octanol–water partition coefficient (Wildman–Crippen LogP) is 2.74. The highest BCUT2D eigenvalue weighted by Crippen LogP contribution is 2.32. The van der Waals surface area contributed by atoms with Crippen molar-refractivity contribution in [1.82, 2.24) is 15.0 Å². The molecule has 2 aromatic rings. The molecule has 0 N–H and O–H groups in total. The molecule has 1 amide bonds. The van der Waals surface area contributed by atoms with E-state index in [0.717, 1.165) is 18.4 Å². The highest BCUT2D eigenvalue weighted by Gasteiger charge is 2.34. The van der Waals surface area contributed by atoms with Crippen LogP contribution in [0.2, 0.25) is 0 Å². The number of nitrogens with zero attached hydrogens (tertiary/aromatic N) is 3. The van der Waals surface area contributed by atoms with Gasteiger partial charge in [-0.15, -0.1) is 0 Å². The number of aromatic nitrogens is 2. The van der Waals surface area contributed by atoms with Crippen molar-refractivity contribution in [2.24, 2.45) is 0 Å². The summed E-state index contributed by atoms with van der Waals surface area (Å²) >= 11 is 0. The number of likely N-dealkylation sites (tertiary alicyclic amines) is 1. The highest BCUT2D eigenvalue weighted by atomic mass is 16.5. The van der Waals surface area contributed by atoms with E-state index in [1.54, 1.807) is 11.8 Å². The number of benzene rings is 1. The Morgan fingerprint density at radius 2 is 2.08 bits per heavy atom. The molecule has 0 spiro atoms. The van der Waals surface area contributed by atoms with Crippen LogP contribution in [0.25, 0.3) is 11.4 Å². The summed E-state index contributed by atoms with van der Waals surface area (Å²) in [5.74, 6) is 0.521. The standard InChI is InChI=1S/C18H21N3O4/c1-2-24-16(23)11-10-15(22)21-12-6-9-14(21)18-19-17(20-25-18)13-7-4-3-5-8-13/h3-5,7-8,14H,2,6,9-12H2,1H3. The quantitative estimate of drug-likeness (QED) is 0.750. The molecule has 1 saturated heterocycles. The Bertz CT molecular complexity index is 729. The molecule has 0 radical (unpaired) electrons. The number of carbonyl (C=O) groups excluding carboxylic acids is 2. The first-order valence-electron chi connectivity index (χ1n) is 8.53. The minimum atomic E-state index is -0.351. The summed E-state index contributed by atoms with van der Waals surface area (Å²) in [6.07, 6.45) is 1.88. The smallest absolute Gasteiger partial charge is 0.306 e. The van der Waals surface area contributed by atoms with Crippen LogP contribution in [0.4, 0.5) is 0 Å². The molecule has 7 heteroatoms. The van der Waals surface area contributed by atoms with Crippen molar-refractivity contribution in [3.8, 4) is 11.4 Å². The molecule has 1 fully saturated rings. The van der Waals surface area contributed by atoms with Gasteiger partial charge in [0.05, 0.1) is 13.0 Å². The van der Waals surface area contributed by atoms with Crippen LogP contribution in [0.3, 0.4) is 0 Å². The average Bonchev–Trinajstić information content (AvgIpc) is 3.29. The Kier molecular flexibility index (Phi) is 5.42. The van der Waals surface area contributed by atoms with Crippen LogP contribution in [0, 0.1) is 0 Å². The zero-order valence-electron chi connectivity index (χ0n) is 14.2. The predicted molar refractivity (Wildman–Crippen MR) is 89.3 cm³/mol. The summed E-state index contributed by atoms with van der Waals surface area (Å²) in [5.41, 5.74) is 0.871. The second-order valence-corrected chi connectivity index (χ2v) is 5.87. The Morgan fingerprint density at radius 1 is 1.28 bits per heavy atom. The SMILES string of the molecule is CCOC(=O)CCC(=O)N1CCCC1c1nc(-c2ccccc2)no1. The molecule has 2 heterocycles. The Labute approximate surface area is 146 Å². The van der Waals surface area contributed by atoms with Crippen molar-refractivity contribution in [2.45, 2.75) is 38.6 Å². The second-order valence-electron chi connectivity index (χ2n) is 5.87. The first kappa shape index (κ1) is 17.1. The van der Waals surface area contributed by atoms with Gasteiger partial charge in [0.25, 0.3) is 0 Å². The third-order valence-corrected chi connectivity index (χ3v) is 4.18. The zero-order chi connectivity index (χ0) is 17.6. The van der Waals surface area contributed by atoms with E-state index >= 15 is 0 Å². The molecule has 1 atom stereocenters. The van der Waals surface area contributed by atoms with Gasteiger partial charge in [0.1, 0.15) is 6.04 Å². The van der Waals surface area contributed by atoms with E-state index in [1.807, 2.05) is 30.3 Å². The molecule has 7 nitrogen and oxygen atoms in total. The van der Waals surface area contributed by atoms with Gasteiger partial charge in [-0.25, -0.2) is 0 Å². The maximum absolute atomic E-state index is 12.4. The largest absolute Gasteiger partial charge is 0.466 e. The Morgan fingerprint density at radius 3 is 2.84 bits per heavy atom. The lowest BCUT2D eigenvalue weighted by atomic mass is 10.2. The fourth-order valence-corrected chi connectivity index (χ4v) is 2.98. The van der Waals surface area contributed by atoms with Crippen LogP contribution in [0.1, 0.15) is 44.5 Å². The Balaban J connectivity index is 1.66. The van der Waals surface area contributed by atoms with Crippen LogP contribution < -0.4 is 0 Å². The fourth-order valence-electron chi connectivity index (χ4n) is 2.98. The van der Waals surface area contributed by atoms with Crippen LogP contribution in [-0.4, -0.2) is 40.1 Å². The monoisotopic (exact) mass is 343 g/mol. The van der Waals surface area contributed by atoms with Gasteiger partial charge in [-0.3, -0.25) is 9.59 Å². The number of hydrogen-bond acceptors (Lipinski definition) is 6. The number of carbonyl (C=O) groups is 2. The summed E-state index contributed by atoms with van der Waals surface area (Å²) in [4.78, 5) is 30.1. The van der Waals surface area contributed by atoms with Gasteiger partial charge in [-0.2, -0.15) is 4.98 Å². The van der Waals surface area contributed by atoms with Gasteiger partial charge >= 0.3 is 5.97 Å². The van der Waals surface area contributed by atoms with Crippen molar-refractivity contribution in [2.75, 3.05) is 13.2 Å². The summed E-state index contributed by atoms with van der Waals surface area (Å²) < 4.78 is 10.3. The lowest BCUT2D eigenvalue weighted by Gasteiger charge is -2.21. The molecule has 1 aliphatic rings. The maximum Gasteiger partial charge on any atom is 0.306 e. The van der Waals surface area contributed by atoms with Crippen LogP contribution in [0.15, 0.2) is 34.9 Å². The normalized spacial score (nSPS) is 16.8. The third kappa shape index (κ3) is 4.04. The van der Waals surface area contributed by atoms with Gasteiger partial charge < -0.3 is 14.2 Å². The molecule has 1 aromatic heterocycles. The average molecular weight is 343 g/mol. The second kappa shape index (κ2) is 7.92. The molecule has 25 heavy (non-hydrogen) atoms. The molecule has 0 bridgehead atoms. The number of hydrogen-bond donors (Lipinski definition) is 0. The number of amides is 1. The van der Waals surface area contributed by atoms with Gasteiger partial charge in [0, 0.05) is 18.5 Å². The van der Waals surface area contributed by atoms with Crippen molar-refractivity contribution >= 4 is 11.9 Å². The van der Waals surface area contributed by atoms with Gasteiger partial charge in [-0.1, -0.05) is 35.5 Å². The highest BCUT2D eigenvalue weighted by molar-refractivity contribution is 5.81. The fraction of sp³-hybridized carbons (Fsp3) is 0.444. The molecule has 1 unspecified atom stereocenters. The Hall–Kier alpha value is -2.70. The zero-order valence-corrected chi connectivity index (χ0v) is 14.2. The minimum absolute atomic E-state index is 0.0879. The van der Waals surface area contributed by atoms with E-state index in [-0.39, 0.29) is 30.8 Å². The molecule has 0 aliphatic carbocycles. The van der Waals surface area contributed by atoms with Crippen LogP contribution in [-0.2, 0) is 14.3 Å². The molecule has 3 rings (SSSR count). The summed E-state index contributed by atoms with van der Waals surface area (Å²) in [6.45, 7) is 2.70. The van der Waals surface area contributed by atoms with Crippen molar-refractivity contribution in [3.63, 3.8) is 0 Å². The summed E-state index contributed by atoms with van der Waals surface area (Å²) in [6, 6.07) is 9.33. The minimum Gasteiger partial charge on any atom is -0.466 e. The molecule has 1 aliphatic heterocycles. The first-order valence-corrected chi connectivity index (χ1v) is 8.53. The number of rotatable bonds is 6. The molecule has 132 valence electrons. The van der Waals surface area contributed by atoms with Gasteiger partial charge in [-0.05, 0) is 19.8 Å². The van der Waals surface area contributed by atoms with Crippen LogP contribution in [0.5, 0.6) is 0 Å². The summed E-state index contributed by atoms with van der Waals surface area (Å²) in [5, 5.41) is 4.03. The summed E-state index contributed by atoms with van der Waals surface area (Å²) in [7, 11) is 0. The first-order chi connectivity index (χ1) is 12.2. The number of ether oxygens (including phenoxy) is 1. The van der Waals surface area contributed by atoms with E-state index in [9.17, 15) is 9.59 Å². The van der Waals surface area contributed by atoms with E-state index in [2.05, 4.69) is 10.1 Å². The van der Waals surface area contributed by atoms with Crippen molar-refractivity contribution < 1.29 is 18.8 Å². The topological polar surface area (TPSA) is 85.5 Å². The lowest BCUT2D eigenvalue weighted by molar-refractivity contribution is -0.146. The van der Waals surface area contributed by atoms with E-state index in [0.29, 0.717) is 24.9 Å². The van der Waals surface area contributed by atoms with Gasteiger partial charge in [0.2, 0.25) is 17.6 Å². The van der Waals surface area contributed by atoms with Crippen LogP contribution >= 0.6 is 0 Å². The molecule has 1 aromatic carbocycles. The van der Waals surface area contributed by atoms with Crippen molar-refractivity contribution in [3.05, 3.63) is 36.2 Å². The van der Waals surface area contributed by atoms with E-state index in [1.165, 1.54) is 0 Å². The molecular weight excluding hydrogens is 322 g/mol. The third-order valence-electron chi connectivity index (χ3n) is 4.18. The lowest BCUT2D eigenvalue weighted by Crippen LogP contribution is -2.31. The van der Waals surface area contributed by atoms with Gasteiger partial charge in [0.15, 0.2) is 0 Å².